The monoisotopic (exact) mass is 264 g/mol. The quantitative estimate of drug-likeness (QED) is 0.650. The van der Waals surface area contributed by atoms with Crippen molar-refractivity contribution in [3.63, 3.8) is 0 Å². The fourth-order valence-corrected chi connectivity index (χ4v) is 6.09. The zero-order valence-electron chi connectivity index (χ0n) is 10.2. The second kappa shape index (κ2) is 5.71. The molecule has 0 N–H and O–H groups in total. The summed E-state index contributed by atoms with van der Waals surface area (Å²) in [5, 5.41) is 0. The summed E-state index contributed by atoms with van der Waals surface area (Å²) in [6.07, 6.45) is 10.2. The van der Waals surface area contributed by atoms with Gasteiger partial charge < -0.3 is 0 Å². The summed E-state index contributed by atoms with van der Waals surface area (Å²) in [6.45, 7) is 0. The summed E-state index contributed by atoms with van der Waals surface area (Å²) in [7, 11) is 0. The van der Waals surface area contributed by atoms with Gasteiger partial charge in [0.2, 0.25) is 0 Å². The molecular weight excluding hydrogens is 244 g/mol. The van der Waals surface area contributed by atoms with Crippen LogP contribution in [0.25, 0.3) is 0 Å². The van der Waals surface area contributed by atoms with Gasteiger partial charge in [-0.05, 0) is 30.9 Å². The summed E-state index contributed by atoms with van der Waals surface area (Å²) < 4.78 is 0.797. The number of thioether (sulfide) groups is 2. The second-order valence-electron chi connectivity index (χ2n) is 5.16. The van der Waals surface area contributed by atoms with Crippen LogP contribution in [0.3, 0.4) is 0 Å². The van der Waals surface area contributed by atoms with Crippen LogP contribution in [0, 0.1) is 5.92 Å². The Balaban J connectivity index is 1.66. The SMILES string of the molecule is c1ccc2c(c1)SC(C1CCCCCCC1)S2. The Bertz CT molecular complexity index is 342. The Kier molecular flexibility index (Phi) is 4.02. The van der Waals surface area contributed by atoms with Crippen molar-refractivity contribution in [3.05, 3.63) is 24.3 Å². The van der Waals surface area contributed by atoms with E-state index in [4.69, 9.17) is 0 Å². The van der Waals surface area contributed by atoms with E-state index in [0.717, 1.165) is 10.5 Å². The summed E-state index contributed by atoms with van der Waals surface area (Å²) in [6, 6.07) is 8.92. The lowest BCUT2D eigenvalue weighted by Crippen LogP contribution is -2.13. The van der Waals surface area contributed by atoms with Crippen LogP contribution in [0.15, 0.2) is 34.1 Å². The van der Waals surface area contributed by atoms with Crippen LogP contribution in [0.2, 0.25) is 0 Å². The Hall–Kier alpha value is -0.0800. The second-order valence-corrected chi connectivity index (χ2v) is 7.82. The van der Waals surface area contributed by atoms with Crippen molar-refractivity contribution in [2.75, 3.05) is 0 Å². The maximum Gasteiger partial charge on any atom is 0.0625 e. The maximum absolute atomic E-state index is 2.29. The molecule has 0 amide bonds. The molecule has 1 aliphatic heterocycles. The van der Waals surface area contributed by atoms with E-state index in [0.29, 0.717) is 0 Å². The molecule has 0 nitrogen and oxygen atoms in total. The first-order valence-electron chi connectivity index (χ1n) is 6.86. The molecule has 0 aromatic heterocycles. The molecule has 1 saturated carbocycles. The third-order valence-corrected chi connectivity index (χ3v) is 7.03. The molecule has 2 heteroatoms. The number of hydrogen-bond donors (Lipinski definition) is 0. The fraction of sp³-hybridized carbons (Fsp3) is 0.600. The Morgan fingerprint density at radius 2 is 1.29 bits per heavy atom. The lowest BCUT2D eigenvalue weighted by molar-refractivity contribution is 0.400. The van der Waals surface area contributed by atoms with E-state index in [-0.39, 0.29) is 0 Å². The highest BCUT2D eigenvalue weighted by atomic mass is 32.2. The molecule has 3 rings (SSSR count). The minimum atomic E-state index is 0.797. The van der Waals surface area contributed by atoms with Crippen molar-refractivity contribution in [1.82, 2.24) is 0 Å². The molecule has 17 heavy (non-hydrogen) atoms. The van der Waals surface area contributed by atoms with Crippen molar-refractivity contribution in [3.8, 4) is 0 Å². The van der Waals surface area contributed by atoms with Crippen molar-refractivity contribution in [1.29, 1.82) is 0 Å². The smallest absolute Gasteiger partial charge is 0.0625 e. The lowest BCUT2D eigenvalue weighted by Gasteiger charge is -2.24. The molecule has 0 spiro atoms. The van der Waals surface area contributed by atoms with Crippen LogP contribution in [0.1, 0.15) is 44.9 Å². The molecule has 0 radical (unpaired) electrons. The van der Waals surface area contributed by atoms with Crippen LogP contribution >= 0.6 is 23.5 Å². The maximum atomic E-state index is 2.29. The number of hydrogen-bond acceptors (Lipinski definition) is 2. The van der Waals surface area contributed by atoms with Gasteiger partial charge in [0, 0.05) is 9.79 Å². The summed E-state index contributed by atoms with van der Waals surface area (Å²) in [5.41, 5.74) is 0. The Morgan fingerprint density at radius 1 is 0.765 bits per heavy atom. The Morgan fingerprint density at radius 3 is 1.88 bits per heavy atom. The third kappa shape index (κ3) is 2.85. The molecule has 2 aliphatic rings. The van der Waals surface area contributed by atoms with Crippen LogP contribution in [0.4, 0.5) is 0 Å². The molecule has 1 aliphatic carbocycles. The van der Waals surface area contributed by atoms with Gasteiger partial charge in [0.05, 0.1) is 4.58 Å². The average Bonchev–Trinajstić information content (AvgIpc) is 2.71. The first-order valence-corrected chi connectivity index (χ1v) is 8.62. The average molecular weight is 264 g/mol. The van der Waals surface area contributed by atoms with Crippen molar-refractivity contribution in [2.45, 2.75) is 59.3 Å². The molecule has 0 unspecified atom stereocenters. The lowest BCUT2D eigenvalue weighted by atomic mass is 9.92. The number of fused-ring (bicyclic) bond motifs is 1. The predicted molar refractivity (Wildman–Crippen MR) is 77.8 cm³/mol. The molecule has 1 fully saturated rings. The van der Waals surface area contributed by atoms with Gasteiger partial charge in [-0.15, -0.1) is 23.5 Å². The third-order valence-electron chi connectivity index (χ3n) is 3.87. The van der Waals surface area contributed by atoms with Gasteiger partial charge in [-0.25, -0.2) is 0 Å². The highest BCUT2D eigenvalue weighted by Gasteiger charge is 2.29. The number of benzene rings is 1. The topological polar surface area (TPSA) is 0 Å². The van der Waals surface area contributed by atoms with E-state index in [1.165, 1.54) is 54.7 Å². The standard InChI is InChI=1S/C15H20S2/c1-2-4-8-12(9-5-3-1)15-16-13-10-6-7-11-14(13)17-15/h6-7,10-12,15H,1-5,8-9H2. The molecule has 0 bridgehead atoms. The van der Waals surface area contributed by atoms with Gasteiger partial charge in [-0.2, -0.15) is 0 Å². The van der Waals surface area contributed by atoms with E-state index in [2.05, 4.69) is 47.8 Å². The van der Waals surface area contributed by atoms with Crippen LogP contribution in [-0.4, -0.2) is 4.58 Å². The molecule has 1 heterocycles. The van der Waals surface area contributed by atoms with Gasteiger partial charge in [0.1, 0.15) is 0 Å². The summed E-state index contributed by atoms with van der Waals surface area (Å²) >= 11 is 4.24. The number of rotatable bonds is 1. The van der Waals surface area contributed by atoms with Crippen molar-refractivity contribution < 1.29 is 0 Å². The van der Waals surface area contributed by atoms with Crippen molar-refractivity contribution in [2.24, 2.45) is 5.92 Å². The van der Waals surface area contributed by atoms with E-state index >= 15 is 0 Å². The van der Waals surface area contributed by atoms with E-state index in [1.54, 1.807) is 0 Å². The minimum absolute atomic E-state index is 0.797. The fourth-order valence-electron chi connectivity index (χ4n) is 2.87. The van der Waals surface area contributed by atoms with Gasteiger partial charge >= 0.3 is 0 Å². The largest absolute Gasteiger partial charge is 0.110 e. The normalized spacial score (nSPS) is 23.1. The van der Waals surface area contributed by atoms with Gasteiger partial charge in [0.15, 0.2) is 0 Å². The predicted octanol–water partition coefficient (Wildman–Crippen LogP) is 5.57. The Labute approximate surface area is 113 Å². The summed E-state index contributed by atoms with van der Waals surface area (Å²) in [5.74, 6) is 0.942. The highest BCUT2D eigenvalue weighted by molar-refractivity contribution is 8.19. The first-order chi connectivity index (χ1) is 8.43. The van der Waals surface area contributed by atoms with Crippen LogP contribution in [-0.2, 0) is 0 Å². The van der Waals surface area contributed by atoms with E-state index in [9.17, 15) is 0 Å². The molecule has 1 aromatic carbocycles. The highest BCUT2D eigenvalue weighted by Crippen LogP contribution is 2.52. The molecule has 1 aromatic rings. The van der Waals surface area contributed by atoms with Crippen molar-refractivity contribution >= 4 is 23.5 Å². The van der Waals surface area contributed by atoms with Gasteiger partial charge in [0.25, 0.3) is 0 Å². The van der Waals surface area contributed by atoms with E-state index < -0.39 is 0 Å². The van der Waals surface area contributed by atoms with E-state index in [1.807, 2.05) is 0 Å². The molecule has 0 atom stereocenters. The van der Waals surface area contributed by atoms with Gasteiger partial charge in [-0.1, -0.05) is 44.2 Å². The molecular formula is C15H20S2. The van der Waals surface area contributed by atoms with Crippen LogP contribution < -0.4 is 0 Å². The zero-order chi connectivity index (χ0) is 11.5. The minimum Gasteiger partial charge on any atom is -0.110 e. The molecule has 0 saturated heterocycles. The zero-order valence-corrected chi connectivity index (χ0v) is 11.9. The van der Waals surface area contributed by atoms with Gasteiger partial charge in [-0.3, -0.25) is 0 Å². The first kappa shape index (κ1) is 12.0. The summed E-state index contributed by atoms with van der Waals surface area (Å²) in [4.78, 5) is 3.04. The molecule has 92 valence electrons. The van der Waals surface area contributed by atoms with Crippen LogP contribution in [0.5, 0.6) is 0 Å².